The van der Waals surface area contributed by atoms with Gasteiger partial charge in [0.15, 0.2) is 0 Å². The van der Waals surface area contributed by atoms with Crippen molar-refractivity contribution in [2.24, 2.45) is 5.41 Å². The lowest BCUT2D eigenvalue weighted by Gasteiger charge is -2.15. The maximum Gasteiger partial charge on any atom is 0.313 e. The largest absolute Gasteiger partial charge is 0.496 e. The van der Waals surface area contributed by atoms with Crippen molar-refractivity contribution < 1.29 is 14.3 Å². The van der Waals surface area contributed by atoms with Crippen LogP contribution in [0.5, 0.6) is 5.75 Å². The first-order valence-corrected chi connectivity index (χ1v) is 7.02. The number of ether oxygens (including phenoxy) is 2. The van der Waals surface area contributed by atoms with E-state index in [2.05, 4.69) is 21.2 Å². The van der Waals surface area contributed by atoms with Crippen LogP contribution in [0.15, 0.2) is 22.7 Å². The molecular weight excluding hydrogens is 310 g/mol. The number of hydrogen-bond acceptors (Lipinski definition) is 4. The van der Waals surface area contributed by atoms with Gasteiger partial charge in [-0.15, -0.1) is 0 Å². The normalized spacial score (nSPS) is 15.9. The smallest absolute Gasteiger partial charge is 0.313 e. The Morgan fingerprint density at radius 2 is 2.16 bits per heavy atom. The summed E-state index contributed by atoms with van der Waals surface area (Å²) in [5.74, 6) is 0.736. The molecular formula is C14H18BrNO3. The second kappa shape index (κ2) is 5.92. The zero-order chi connectivity index (χ0) is 13.9. The van der Waals surface area contributed by atoms with E-state index in [-0.39, 0.29) is 11.4 Å². The quantitative estimate of drug-likeness (QED) is 0.815. The molecule has 1 aromatic carbocycles. The van der Waals surface area contributed by atoms with Crippen molar-refractivity contribution in [1.29, 1.82) is 0 Å². The van der Waals surface area contributed by atoms with Crippen LogP contribution in [0.2, 0.25) is 0 Å². The number of halogens is 1. The fraction of sp³-hybridized carbons (Fsp3) is 0.500. The number of rotatable bonds is 6. The molecule has 1 aromatic rings. The van der Waals surface area contributed by atoms with Crippen molar-refractivity contribution in [3.05, 3.63) is 28.2 Å². The zero-order valence-electron chi connectivity index (χ0n) is 11.2. The molecule has 0 radical (unpaired) electrons. The third-order valence-electron chi connectivity index (χ3n) is 3.49. The summed E-state index contributed by atoms with van der Waals surface area (Å²) < 4.78 is 11.2. The van der Waals surface area contributed by atoms with Crippen LogP contribution in [0.25, 0.3) is 0 Å². The van der Waals surface area contributed by atoms with Gasteiger partial charge in [0.1, 0.15) is 5.75 Å². The number of nitrogens with one attached hydrogen (secondary N) is 1. The molecule has 0 aliphatic heterocycles. The standard InChI is InChI=1S/C14H18BrNO3/c1-18-12-4-3-11(15)7-10(12)8-16-9-14(5-6-14)13(17)19-2/h3-4,7,16H,5-6,8-9H2,1-2H3. The van der Waals surface area contributed by atoms with Crippen molar-refractivity contribution in [1.82, 2.24) is 5.32 Å². The van der Waals surface area contributed by atoms with E-state index in [1.54, 1.807) is 7.11 Å². The molecule has 0 aromatic heterocycles. The topological polar surface area (TPSA) is 47.6 Å². The van der Waals surface area contributed by atoms with Crippen molar-refractivity contribution in [2.75, 3.05) is 20.8 Å². The first-order valence-electron chi connectivity index (χ1n) is 6.23. The lowest BCUT2D eigenvalue weighted by molar-refractivity contribution is -0.146. The summed E-state index contributed by atoms with van der Waals surface area (Å²) in [5.41, 5.74) is 0.770. The van der Waals surface area contributed by atoms with Crippen LogP contribution in [0, 0.1) is 5.41 Å². The Hall–Kier alpha value is -1.07. The third-order valence-corrected chi connectivity index (χ3v) is 3.99. The predicted molar refractivity (Wildman–Crippen MR) is 76.1 cm³/mol. The minimum Gasteiger partial charge on any atom is -0.496 e. The molecule has 0 unspecified atom stereocenters. The number of esters is 1. The van der Waals surface area contributed by atoms with E-state index in [0.717, 1.165) is 28.6 Å². The number of benzene rings is 1. The molecule has 0 amide bonds. The summed E-state index contributed by atoms with van der Waals surface area (Å²) in [4.78, 5) is 11.6. The van der Waals surface area contributed by atoms with Gasteiger partial charge < -0.3 is 14.8 Å². The van der Waals surface area contributed by atoms with Gasteiger partial charge in [-0.3, -0.25) is 4.79 Å². The molecule has 0 heterocycles. The minimum absolute atomic E-state index is 0.110. The Bertz CT molecular complexity index is 472. The van der Waals surface area contributed by atoms with Crippen LogP contribution in [0.3, 0.4) is 0 Å². The molecule has 19 heavy (non-hydrogen) atoms. The van der Waals surface area contributed by atoms with Gasteiger partial charge in [0.05, 0.1) is 19.6 Å². The first kappa shape index (κ1) is 14.3. The summed E-state index contributed by atoms with van der Waals surface area (Å²) in [7, 11) is 3.10. The SMILES string of the molecule is COC(=O)C1(CNCc2cc(Br)ccc2OC)CC1. The highest BCUT2D eigenvalue weighted by Crippen LogP contribution is 2.46. The van der Waals surface area contributed by atoms with Gasteiger partial charge in [0.2, 0.25) is 0 Å². The van der Waals surface area contributed by atoms with E-state index in [0.29, 0.717) is 13.1 Å². The number of carbonyl (C=O) groups excluding carboxylic acids is 1. The van der Waals surface area contributed by atoms with Crippen LogP contribution >= 0.6 is 15.9 Å². The van der Waals surface area contributed by atoms with Gasteiger partial charge in [0.25, 0.3) is 0 Å². The van der Waals surface area contributed by atoms with Crippen LogP contribution in [-0.4, -0.2) is 26.7 Å². The molecule has 1 aliphatic rings. The third kappa shape index (κ3) is 3.28. The van der Waals surface area contributed by atoms with Crippen molar-refractivity contribution in [3.63, 3.8) is 0 Å². The maximum atomic E-state index is 11.6. The Balaban J connectivity index is 1.93. The fourth-order valence-electron chi connectivity index (χ4n) is 2.14. The maximum absolute atomic E-state index is 11.6. The molecule has 104 valence electrons. The molecule has 1 aliphatic carbocycles. The van der Waals surface area contributed by atoms with E-state index in [4.69, 9.17) is 9.47 Å². The fourth-order valence-corrected chi connectivity index (χ4v) is 2.55. The van der Waals surface area contributed by atoms with Crippen molar-refractivity contribution >= 4 is 21.9 Å². The first-order chi connectivity index (χ1) is 9.11. The molecule has 0 spiro atoms. The van der Waals surface area contributed by atoms with Crippen LogP contribution in [0.1, 0.15) is 18.4 Å². The zero-order valence-corrected chi connectivity index (χ0v) is 12.7. The second-order valence-corrected chi connectivity index (χ2v) is 5.75. The molecule has 5 heteroatoms. The van der Waals surface area contributed by atoms with Gasteiger partial charge in [-0.2, -0.15) is 0 Å². The Kier molecular flexibility index (Phi) is 4.47. The highest BCUT2D eigenvalue weighted by Gasteiger charge is 2.50. The summed E-state index contributed by atoms with van der Waals surface area (Å²) in [6.07, 6.45) is 1.81. The Morgan fingerprint density at radius 3 is 2.74 bits per heavy atom. The number of methoxy groups -OCH3 is 2. The van der Waals surface area contributed by atoms with Gasteiger partial charge in [-0.05, 0) is 31.0 Å². The van der Waals surface area contributed by atoms with Crippen LogP contribution in [0.4, 0.5) is 0 Å². The minimum atomic E-state index is -0.298. The van der Waals surface area contributed by atoms with E-state index >= 15 is 0 Å². The van der Waals surface area contributed by atoms with E-state index in [1.807, 2.05) is 18.2 Å². The predicted octanol–water partition coefficient (Wildman–Crippen LogP) is 2.50. The summed E-state index contributed by atoms with van der Waals surface area (Å²) in [6.45, 7) is 1.32. The van der Waals surface area contributed by atoms with E-state index < -0.39 is 0 Å². The summed E-state index contributed by atoms with van der Waals surface area (Å²) >= 11 is 3.45. The number of carbonyl (C=O) groups is 1. The number of hydrogen-bond donors (Lipinski definition) is 1. The molecule has 0 bridgehead atoms. The highest BCUT2D eigenvalue weighted by molar-refractivity contribution is 9.10. The Morgan fingerprint density at radius 1 is 1.42 bits per heavy atom. The Labute approximate surface area is 121 Å². The second-order valence-electron chi connectivity index (χ2n) is 4.83. The van der Waals surface area contributed by atoms with Crippen LogP contribution < -0.4 is 10.1 Å². The molecule has 4 nitrogen and oxygen atoms in total. The van der Waals surface area contributed by atoms with Gasteiger partial charge in [0, 0.05) is 23.1 Å². The molecule has 1 saturated carbocycles. The van der Waals surface area contributed by atoms with E-state index in [9.17, 15) is 4.79 Å². The summed E-state index contributed by atoms with van der Waals surface area (Å²) in [5, 5.41) is 3.32. The van der Waals surface area contributed by atoms with Gasteiger partial charge in [-0.1, -0.05) is 15.9 Å². The van der Waals surface area contributed by atoms with Crippen molar-refractivity contribution in [2.45, 2.75) is 19.4 Å². The average Bonchev–Trinajstić information content (AvgIpc) is 3.19. The molecule has 1 N–H and O–H groups in total. The lowest BCUT2D eigenvalue weighted by Crippen LogP contribution is -2.30. The van der Waals surface area contributed by atoms with Crippen molar-refractivity contribution in [3.8, 4) is 5.75 Å². The monoisotopic (exact) mass is 327 g/mol. The van der Waals surface area contributed by atoms with E-state index in [1.165, 1.54) is 7.11 Å². The van der Waals surface area contributed by atoms with Crippen LogP contribution in [-0.2, 0) is 16.1 Å². The highest BCUT2D eigenvalue weighted by atomic mass is 79.9. The molecule has 1 fully saturated rings. The average molecular weight is 328 g/mol. The lowest BCUT2D eigenvalue weighted by atomic mass is 10.1. The summed E-state index contributed by atoms with van der Waals surface area (Å²) in [6, 6.07) is 5.89. The molecule has 0 atom stereocenters. The van der Waals surface area contributed by atoms with Gasteiger partial charge >= 0.3 is 5.97 Å². The van der Waals surface area contributed by atoms with Gasteiger partial charge in [-0.25, -0.2) is 0 Å². The molecule has 0 saturated heterocycles. The molecule has 2 rings (SSSR count).